The first-order valence-corrected chi connectivity index (χ1v) is 22.4. The summed E-state index contributed by atoms with van der Waals surface area (Å²) in [7, 11) is 3.92. The van der Waals surface area contributed by atoms with Crippen LogP contribution in [0.15, 0.2) is 47.7 Å². The smallest absolute Gasteiger partial charge is 0.329 e. The number of fused-ring (bicyclic) bond motifs is 2. The highest BCUT2D eigenvalue weighted by atomic mass is 19.3. The number of imide groups is 1. The maximum Gasteiger partial charge on any atom is 0.329 e. The van der Waals surface area contributed by atoms with E-state index in [2.05, 4.69) is 42.6 Å². The number of morpholine rings is 1. The lowest BCUT2D eigenvalue weighted by Gasteiger charge is -2.48. The predicted octanol–water partition coefficient (Wildman–Crippen LogP) is 4.84. The molecule has 3 saturated heterocycles. The second-order valence-corrected chi connectivity index (χ2v) is 18.2. The molecule has 334 valence electrons. The van der Waals surface area contributed by atoms with Crippen molar-refractivity contribution < 1.29 is 27.9 Å². The third-order valence-corrected chi connectivity index (χ3v) is 14.4. The SMILES string of the molecule is CN(C[C@H]1CC[C@H](n2cc(NC(=O)c3cnn4ccc(N5CCOC6(CCC6)C5)nc34)c(C(F)F)n2)CC1)C1CCN(c2cccc3c2n(C)c(=O)n3C2CCC(=O)NC2=O)CC1. The molecule has 2 N–H and O–H groups in total. The summed E-state index contributed by atoms with van der Waals surface area (Å²) in [5, 5.41) is 13.7. The van der Waals surface area contributed by atoms with Crippen molar-refractivity contribution in [2.24, 2.45) is 13.0 Å². The summed E-state index contributed by atoms with van der Waals surface area (Å²) >= 11 is 0. The van der Waals surface area contributed by atoms with Crippen LogP contribution in [0, 0.1) is 5.92 Å². The number of anilines is 3. The summed E-state index contributed by atoms with van der Waals surface area (Å²) in [5.74, 6) is -0.158. The number of halogens is 2. The molecule has 0 radical (unpaired) electrons. The molecule has 5 aliphatic rings. The number of ether oxygens (including phenoxy) is 1. The lowest BCUT2D eigenvalue weighted by molar-refractivity contribution is -0.135. The summed E-state index contributed by atoms with van der Waals surface area (Å²) in [6.07, 6.45) is 10.9. The van der Waals surface area contributed by atoms with Gasteiger partial charge >= 0.3 is 5.69 Å². The summed E-state index contributed by atoms with van der Waals surface area (Å²) in [6.45, 7) is 4.59. The van der Waals surface area contributed by atoms with Crippen molar-refractivity contribution in [2.45, 2.75) is 101 Å². The molecule has 5 aromatic rings. The Kier molecular flexibility index (Phi) is 10.8. The van der Waals surface area contributed by atoms with Crippen molar-refractivity contribution in [1.29, 1.82) is 0 Å². The van der Waals surface area contributed by atoms with Gasteiger partial charge in [0, 0.05) is 64.6 Å². The molecular formula is C44H54F2N12O5. The Hall–Kier alpha value is -5.69. The van der Waals surface area contributed by atoms with Crippen LogP contribution in [0.25, 0.3) is 16.7 Å². The lowest BCUT2D eigenvalue weighted by atomic mass is 9.79. The van der Waals surface area contributed by atoms with Gasteiger partial charge in [0.1, 0.15) is 17.4 Å². The second kappa shape index (κ2) is 16.5. The first-order valence-electron chi connectivity index (χ1n) is 22.4. The molecule has 3 aliphatic heterocycles. The number of nitrogens with zero attached hydrogens (tertiary/aromatic N) is 10. The summed E-state index contributed by atoms with van der Waals surface area (Å²) in [4.78, 5) is 63.4. The van der Waals surface area contributed by atoms with E-state index in [9.17, 15) is 28.0 Å². The fraction of sp³-hybridized carbons (Fsp3) is 0.568. The van der Waals surface area contributed by atoms with E-state index in [0.717, 1.165) is 101 Å². The standard InChI is InChI=1S/C44H54F2N12O5/c1-52(28-13-18-54(19-14-28)32-5-3-6-33-38(32)53(2)43(62)58(33)34-11-12-36(59)50-42(34)61)24-27-7-9-29(10-8-27)57-25-31(37(51-57)39(45)46)48-41(60)30-23-47-56-20-15-35(49-40(30)56)55-21-22-63-44(26-55)16-4-17-44/h3,5-6,15,20,23,25,27-29,34,39H,4,7-14,16-19,21-22,24,26H2,1-2H3,(H,48,60)(H,50,59,61)/t27-,29-,34?. The molecule has 63 heavy (non-hydrogen) atoms. The largest absolute Gasteiger partial charge is 0.371 e. The lowest BCUT2D eigenvalue weighted by Crippen LogP contribution is -2.56. The van der Waals surface area contributed by atoms with E-state index in [1.165, 1.54) is 15.3 Å². The van der Waals surface area contributed by atoms with Gasteiger partial charge in [-0.2, -0.15) is 10.2 Å². The highest BCUT2D eigenvalue weighted by Crippen LogP contribution is 2.40. The van der Waals surface area contributed by atoms with Gasteiger partial charge in [-0.25, -0.2) is 23.1 Å². The maximum atomic E-state index is 14.4. The number of benzene rings is 1. The molecule has 17 nitrogen and oxygen atoms in total. The topological polar surface area (TPSA) is 169 Å². The Balaban J connectivity index is 0.746. The van der Waals surface area contributed by atoms with Gasteiger partial charge in [0.2, 0.25) is 11.8 Å². The average Bonchev–Trinajstić information content (AvgIpc) is 3.97. The van der Waals surface area contributed by atoms with Gasteiger partial charge in [0.15, 0.2) is 11.3 Å². The summed E-state index contributed by atoms with van der Waals surface area (Å²) < 4.78 is 41.1. The van der Waals surface area contributed by atoms with Gasteiger partial charge in [0.25, 0.3) is 12.3 Å². The maximum absolute atomic E-state index is 14.4. The van der Waals surface area contributed by atoms with Crippen LogP contribution in [0.4, 0.5) is 26.0 Å². The van der Waals surface area contributed by atoms with Gasteiger partial charge < -0.3 is 24.8 Å². The minimum absolute atomic E-state index is 0.0100. The van der Waals surface area contributed by atoms with E-state index in [1.807, 2.05) is 24.3 Å². The molecule has 7 heterocycles. The molecule has 1 unspecified atom stereocenters. The van der Waals surface area contributed by atoms with Crippen LogP contribution in [0.5, 0.6) is 0 Å². The first kappa shape index (κ1) is 41.3. The van der Waals surface area contributed by atoms with Gasteiger partial charge in [-0.05, 0) is 95.4 Å². The van der Waals surface area contributed by atoms with E-state index in [4.69, 9.17) is 9.72 Å². The number of para-hydroxylation sites is 1. The number of aromatic nitrogens is 7. The Bertz CT molecular complexity index is 2620. The number of aryl methyl sites for hydroxylation is 1. The van der Waals surface area contributed by atoms with E-state index >= 15 is 0 Å². The monoisotopic (exact) mass is 868 g/mol. The molecule has 4 aromatic heterocycles. The minimum atomic E-state index is -2.87. The molecule has 2 saturated carbocycles. The van der Waals surface area contributed by atoms with Crippen LogP contribution in [0.2, 0.25) is 0 Å². The highest BCUT2D eigenvalue weighted by Gasteiger charge is 2.42. The van der Waals surface area contributed by atoms with E-state index in [-0.39, 0.29) is 40.9 Å². The number of carbonyl (C=O) groups excluding carboxylic acids is 3. The number of amides is 3. The van der Waals surface area contributed by atoms with Crippen LogP contribution in [-0.4, -0.2) is 114 Å². The zero-order chi connectivity index (χ0) is 43.6. The first-order chi connectivity index (χ1) is 30.4. The Morgan fingerprint density at radius 1 is 1.03 bits per heavy atom. The van der Waals surface area contributed by atoms with E-state index in [0.29, 0.717) is 42.7 Å². The fourth-order valence-corrected chi connectivity index (χ4v) is 10.7. The molecule has 2 aliphatic carbocycles. The number of nitrogens with one attached hydrogen (secondary N) is 2. The quantitative estimate of drug-likeness (QED) is 0.184. The number of carbonyl (C=O) groups is 3. The van der Waals surface area contributed by atoms with Crippen molar-refractivity contribution in [3.05, 3.63) is 64.6 Å². The van der Waals surface area contributed by atoms with Gasteiger partial charge in [-0.3, -0.25) is 33.5 Å². The van der Waals surface area contributed by atoms with Crippen molar-refractivity contribution >= 4 is 51.6 Å². The average molecular weight is 869 g/mol. The zero-order valence-corrected chi connectivity index (χ0v) is 35.7. The second-order valence-electron chi connectivity index (χ2n) is 18.2. The number of alkyl halides is 2. The van der Waals surface area contributed by atoms with Crippen molar-refractivity contribution in [3.63, 3.8) is 0 Å². The number of hydrogen-bond donors (Lipinski definition) is 2. The van der Waals surface area contributed by atoms with Gasteiger partial charge in [-0.15, -0.1) is 0 Å². The number of piperidine rings is 2. The van der Waals surface area contributed by atoms with Crippen molar-refractivity contribution in [1.82, 2.24) is 43.7 Å². The fourth-order valence-electron chi connectivity index (χ4n) is 10.7. The Morgan fingerprint density at radius 2 is 1.83 bits per heavy atom. The highest BCUT2D eigenvalue weighted by molar-refractivity contribution is 6.08. The molecular weight excluding hydrogens is 815 g/mol. The Labute approximate surface area is 362 Å². The molecule has 10 rings (SSSR count). The molecule has 5 fully saturated rings. The molecule has 0 bridgehead atoms. The van der Waals surface area contributed by atoms with Crippen molar-refractivity contribution in [2.75, 3.05) is 61.5 Å². The van der Waals surface area contributed by atoms with Crippen LogP contribution in [-0.2, 0) is 21.4 Å². The van der Waals surface area contributed by atoms with E-state index in [1.54, 1.807) is 28.7 Å². The molecule has 3 amide bonds. The minimum Gasteiger partial charge on any atom is -0.371 e. The normalized spacial score (nSPS) is 23.3. The van der Waals surface area contributed by atoms with Crippen LogP contribution in [0.1, 0.15) is 105 Å². The predicted molar refractivity (Wildman–Crippen MR) is 230 cm³/mol. The third-order valence-electron chi connectivity index (χ3n) is 14.4. The molecule has 1 aromatic carbocycles. The van der Waals surface area contributed by atoms with Gasteiger partial charge in [-0.1, -0.05) is 6.07 Å². The zero-order valence-electron chi connectivity index (χ0n) is 35.7. The number of rotatable bonds is 10. The summed E-state index contributed by atoms with van der Waals surface area (Å²) in [6, 6.07) is 7.29. The molecule has 1 spiro atoms. The van der Waals surface area contributed by atoms with Crippen LogP contribution in [0.3, 0.4) is 0 Å². The number of hydrogen-bond acceptors (Lipinski definition) is 11. The molecule has 19 heteroatoms. The van der Waals surface area contributed by atoms with Crippen LogP contribution >= 0.6 is 0 Å². The number of imidazole rings is 1. The Morgan fingerprint density at radius 3 is 2.56 bits per heavy atom. The van der Waals surface area contributed by atoms with Gasteiger partial charge in [0.05, 0.1) is 46.9 Å². The van der Waals surface area contributed by atoms with Crippen LogP contribution < -0.4 is 26.1 Å². The van der Waals surface area contributed by atoms with E-state index < -0.39 is 30.0 Å². The van der Waals surface area contributed by atoms with Crippen molar-refractivity contribution in [3.8, 4) is 0 Å². The summed E-state index contributed by atoms with van der Waals surface area (Å²) in [5.41, 5.74) is 2.11. The third kappa shape index (κ3) is 7.65. The molecule has 1 atom stereocenters.